The zero-order valence-corrected chi connectivity index (χ0v) is 18.9. The third-order valence-electron chi connectivity index (χ3n) is 4.54. The number of hydrogen-bond acceptors (Lipinski definition) is 6. The zero-order valence-electron chi connectivity index (χ0n) is 17.3. The molecule has 6 heteroatoms. The molecule has 0 fully saturated rings. The fourth-order valence-corrected chi connectivity index (χ4v) is 3.73. The molecule has 0 atom stereocenters. The van der Waals surface area contributed by atoms with Crippen molar-refractivity contribution in [2.24, 2.45) is 0 Å². The molecule has 29 heavy (non-hydrogen) atoms. The van der Waals surface area contributed by atoms with Crippen molar-refractivity contribution in [3.8, 4) is 17.3 Å². The molecule has 0 aliphatic heterocycles. The van der Waals surface area contributed by atoms with Gasteiger partial charge in [0.05, 0.1) is 5.69 Å². The first kappa shape index (κ1) is 21.2. The Kier molecular flexibility index (Phi) is 6.51. The van der Waals surface area contributed by atoms with Gasteiger partial charge in [-0.3, -0.25) is 0 Å². The molecule has 1 aromatic heterocycles. The summed E-state index contributed by atoms with van der Waals surface area (Å²) in [6.07, 6.45) is 3.97. The third kappa shape index (κ3) is 4.92. The van der Waals surface area contributed by atoms with Crippen LogP contribution in [0, 0.1) is 11.3 Å². The summed E-state index contributed by atoms with van der Waals surface area (Å²) in [4.78, 5) is 10.4. The van der Waals surface area contributed by atoms with Crippen LogP contribution in [0.4, 0.5) is 11.5 Å². The van der Waals surface area contributed by atoms with Gasteiger partial charge in [0, 0.05) is 16.1 Å². The van der Waals surface area contributed by atoms with Crippen molar-refractivity contribution in [1.82, 2.24) is 9.97 Å². The number of aromatic nitrogens is 2. The minimum Gasteiger partial charge on any atom is -0.339 e. The van der Waals surface area contributed by atoms with Crippen LogP contribution < -0.4 is 5.32 Å². The molecule has 0 bridgehead atoms. The van der Waals surface area contributed by atoms with Crippen LogP contribution in [0.3, 0.4) is 0 Å². The van der Waals surface area contributed by atoms with E-state index in [4.69, 9.17) is 0 Å². The summed E-state index contributed by atoms with van der Waals surface area (Å²) in [6.45, 7) is 6.55. The monoisotopic (exact) mass is 420 g/mol. The molecule has 148 valence electrons. The SMILES string of the molecule is CSc1cccc(Nc2nc(SC)nc(-c3ccc(C(C)(C)C)cc3)c2C#N)c1. The van der Waals surface area contributed by atoms with E-state index in [0.717, 1.165) is 16.1 Å². The lowest BCUT2D eigenvalue weighted by atomic mass is 9.86. The van der Waals surface area contributed by atoms with Crippen molar-refractivity contribution in [3.05, 3.63) is 59.7 Å². The summed E-state index contributed by atoms with van der Waals surface area (Å²) < 4.78 is 0. The molecule has 2 aromatic carbocycles. The fourth-order valence-electron chi connectivity index (χ4n) is 2.90. The highest BCUT2D eigenvalue weighted by Gasteiger charge is 2.18. The fraction of sp³-hybridized carbons (Fsp3) is 0.261. The first-order valence-electron chi connectivity index (χ1n) is 9.24. The highest BCUT2D eigenvalue weighted by molar-refractivity contribution is 7.98. The van der Waals surface area contributed by atoms with E-state index >= 15 is 0 Å². The number of nitrogens with one attached hydrogen (secondary N) is 1. The minimum absolute atomic E-state index is 0.0711. The highest BCUT2D eigenvalue weighted by Crippen LogP contribution is 2.32. The van der Waals surface area contributed by atoms with E-state index in [0.29, 0.717) is 22.2 Å². The highest BCUT2D eigenvalue weighted by atomic mass is 32.2. The quantitative estimate of drug-likeness (QED) is 0.375. The van der Waals surface area contributed by atoms with E-state index < -0.39 is 0 Å². The molecule has 0 radical (unpaired) electrons. The van der Waals surface area contributed by atoms with Gasteiger partial charge in [-0.1, -0.05) is 62.9 Å². The van der Waals surface area contributed by atoms with Crippen LogP contribution in [-0.2, 0) is 5.41 Å². The molecule has 0 aliphatic carbocycles. The van der Waals surface area contributed by atoms with Crippen molar-refractivity contribution in [2.45, 2.75) is 36.2 Å². The molecule has 0 aliphatic rings. The lowest BCUT2D eigenvalue weighted by Gasteiger charge is -2.19. The van der Waals surface area contributed by atoms with E-state index in [1.54, 1.807) is 11.8 Å². The molecule has 0 amide bonds. The molecule has 0 saturated carbocycles. The van der Waals surface area contributed by atoms with Gasteiger partial charge in [0.25, 0.3) is 0 Å². The molecule has 0 unspecified atom stereocenters. The van der Waals surface area contributed by atoms with Gasteiger partial charge < -0.3 is 5.32 Å². The normalized spacial score (nSPS) is 11.2. The standard InChI is InChI=1S/C23H24N4S2/c1-23(2,3)16-11-9-15(10-12-16)20-19(14-24)21(27-22(26-20)29-5)25-17-7-6-8-18(13-17)28-4/h6-13H,1-5H3,(H,25,26,27). The summed E-state index contributed by atoms with van der Waals surface area (Å²) in [5.74, 6) is 0.528. The van der Waals surface area contributed by atoms with Crippen LogP contribution in [0.15, 0.2) is 58.6 Å². The van der Waals surface area contributed by atoms with Crippen LogP contribution in [0.2, 0.25) is 0 Å². The predicted octanol–water partition coefficient (Wildman–Crippen LogP) is 6.50. The van der Waals surface area contributed by atoms with Crippen molar-refractivity contribution < 1.29 is 0 Å². The average molecular weight is 421 g/mol. The summed E-state index contributed by atoms with van der Waals surface area (Å²) in [5, 5.41) is 13.9. The van der Waals surface area contributed by atoms with Crippen LogP contribution in [0.5, 0.6) is 0 Å². The minimum atomic E-state index is 0.0711. The maximum absolute atomic E-state index is 9.91. The zero-order chi connectivity index (χ0) is 21.0. The van der Waals surface area contributed by atoms with Crippen molar-refractivity contribution in [2.75, 3.05) is 17.8 Å². The van der Waals surface area contributed by atoms with E-state index in [-0.39, 0.29) is 5.41 Å². The number of benzene rings is 2. The van der Waals surface area contributed by atoms with Gasteiger partial charge in [-0.15, -0.1) is 11.8 Å². The Balaban J connectivity index is 2.08. The Morgan fingerprint density at radius 1 is 0.966 bits per heavy atom. The Morgan fingerprint density at radius 2 is 1.69 bits per heavy atom. The first-order chi connectivity index (χ1) is 13.9. The van der Waals surface area contributed by atoms with Gasteiger partial charge >= 0.3 is 0 Å². The lowest BCUT2D eigenvalue weighted by molar-refractivity contribution is 0.590. The average Bonchev–Trinajstić information content (AvgIpc) is 2.72. The van der Waals surface area contributed by atoms with E-state index in [1.165, 1.54) is 17.3 Å². The predicted molar refractivity (Wildman–Crippen MR) is 124 cm³/mol. The summed E-state index contributed by atoms with van der Waals surface area (Å²) in [6, 6.07) is 18.6. The largest absolute Gasteiger partial charge is 0.339 e. The maximum Gasteiger partial charge on any atom is 0.189 e. The third-order valence-corrected chi connectivity index (χ3v) is 5.81. The number of rotatable bonds is 5. The smallest absolute Gasteiger partial charge is 0.189 e. The van der Waals surface area contributed by atoms with Crippen LogP contribution in [0.25, 0.3) is 11.3 Å². The Bertz CT molecular complexity index is 1050. The Labute approximate surface area is 181 Å². The van der Waals surface area contributed by atoms with Crippen molar-refractivity contribution in [1.29, 1.82) is 5.26 Å². The molecule has 0 spiro atoms. The van der Waals surface area contributed by atoms with Gasteiger partial charge in [-0.25, -0.2) is 9.97 Å². The number of anilines is 2. The molecule has 3 rings (SSSR count). The summed E-state index contributed by atoms with van der Waals surface area (Å²) >= 11 is 3.13. The first-order valence-corrected chi connectivity index (χ1v) is 11.7. The van der Waals surface area contributed by atoms with E-state index in [2.05, 4.69) is 60.3 Å². The lowest BCUT2D eigenvalue weighted by Crippen LogP contribution is -2.10. The van der Waals surface area contributed by atoms with E-state index in [9.17, 15) is 5.26 Å². The Hall–Kier alpha value is -2.49. The van der Waals surface area contributed by atoms with Gasteiger partial charge in [0.2, 0.25) is 0 Å². The maximum atomic E-state index is 9.91. The second-order valence-electron chi connectivity index (χ2n) is 7.58. The molecule has 0 saturated heterocycles. The van der Waals surface area contributed by atoms with Crippen LogP contribution in [-0.4, -0.2) is 22.5 Å². The second kappa shape index (κ2) is 8.89. The van der Waals surface area contributed by atoms with Crippen molar-refractivity contribution >= 4 is 35.0 Å². The van der Waals surface area contributed by atoms with Gasteiger partial charge in [-0.05, 0) is 41.7 Å². The molecular formula is C23H24N4S2. The van der Waals surface area contributed by atoms with Gasteiger partial charge in [0.15, 0.2) is 11.0 Å². The molecule has 3 aromatic rings. The van der Waals surface area contributed by atoms with Crippen LogP contribution >= 0.6 is 23.5 Å². The van der Waals surface area contributed by atoms with Crippen LogP contribution in [0.1, 0.15) is 31.9 Å². The van der Waals surface area contributed by atoms with E-state index in [1.807, 2.05) is 42.8 Å². The topological polar surface area (TPSA) is 61.6 Å². The molecule has 1 heterocycles. The molecule has 1 N–H and O–H groups in total. The number of thioether (sulfide) groups is 2. The number of nitrogens with zero attached hydrogens (tertiary/aromatic N) is 3. The Morgan fingerprint density at radius 3 is 2.28 bits per heavy atom. The molecular weight excluding hydrogens is 396 g/mol. The van der Waals surface area contributed by atoms with Gasteiger partial charge in [0.1, 0.15) is 11.6 Å². The molecule has 4 nitrogen and oxygen atoms in total. The number of nitriles is 1. The second-order valence-corrected chi connectivity index (χ2v) is 9.23. The number of hydrogen-bond donors (Lipinski definition) is 1. The van der Waals surface area contributed by atoms with Crippen molar-refractivity contribution in [3.63, 3.8) is 0 Å². The summed E-state index contributed by atoms with van der Waals surface area (Å²) in [5.41, 5.74) is 4.21. The summed E-state index contributed by atoms with van der Waals surface area (Å²) in [7, 11) is 0. The van der Waals surface area contributed by atoms with Gasteiger partial charge in [-0.2, -0.15) is 5.26 Å².